The molecule has 0 radical (unpaired) electrons. The number of aromatic nitrogens is 1. The van der Waals surface area contributed by atoms with E-state index in [0.717, 1.165) is 18.3 Å². The molecule has 1 atom stereocenters. The third kappa shape index (κ3) is 3.69. The van der Waals surface area contributed by atoms with Crippen molar-refractivity contribution >= 4 is 5.91 Å². The van der Waals surface area contributed by atoms with Crippen molar-refractivity contribution in [2.75, 3.05) is 6.54 Å². The predicted molar refractivity (Wildman–Crippen MR) is 69.0 cm³/mol. The highest BCUT2D eigenvalue weighted by molar-refractivity contribution is 5.94. The summed E-state index contributed by atoms with van der Waals surface area (Å²) >= 11 is 0. The quantitative estimate of drug-likeness (QED) is 0.893. The van der Waals surface area contributed by atoms with Crippen LogP contribution in [-0.2, 0) is 6.18 Å². The van der Waals surface area contributed by atoms with Gasteiger partial charge in [-0.2, -0.15) is 13.2 Å². The van der Waals surface area contributed by atoms with E-state index in [-0.39, 0.29) is 18.0 Å². The Balaban J connectivity index is 2.89. The highest BCUT2D eigenvalue weighted by atomic mass is 19.4. The summed E-state index contributed by atoms with van der Waals surface area (Å²) in [6.45, 7) is 5.81. The third-order valence-electron chi connectivity index (χ3n) is 3.41. The Morgan fingerprint density at radius 2 is 2.00 bits per heavy atom. The molecule has 0 spiro atoms. The Morgan fingerprint density at radius 1 is 1.40 bits per heavy atom. The Labute approximate surface area is 115 Å². The normalized spacial score (nSPS) is 15.0. The van der Waals surface area contributed by atoms with E-state index in [9.17, 15) is 18.0 Å². The number of rotatable bonds is 4. The van der Waals surface area contributed by atoms with E-state index in [1.54, 1.807) is 6.92 Å². The van der Waals surface area contributed by atoms with Crippen molar-refractivity contribution < 1.29 is 18.0 Å². The molecule has 1 aromatic rings. The number of hydrogen-bond donors (Lipinski definition) is 2. The van der Waals surface area contributed by atoms with Crippen LogP contribution in [0.15, 0.2) is 18.3 Å². The van der Waals surface area contributed by atoms with Gasteiger partial charge in [-0.1, -0.05) is 13.8 Å². The number of nitrogens with two attached hydrogens (primary N) is 1. The largest absolute Gasteiger partial charge is 0.433 e. The van der Waals surface area contributed by atoms with Gasteiger partial charge in [0.15, 0.2) is 0 Å². The van der Waals surface area contributed by atoms with E-state index >= 15 is 0 Å². The first-order chi connectivity index (χ1) is 9.10. The van der Waals surface area contributed by atoms with Gasteiger partial charge in [0.25, 0.3) is 5.91 Å². The molecule has 0 bridgehead atoms. The van der Waals surface area contributed by atoms with E-state index in [4.69, 9.17) is 5.73 Å². The molecular weight excluding hydrogens is 271 g/mol. The topological polar surface area (TPSA) is 68.0 Å². The van der Waals surface area contributed by atoms with Gasteiger partial charge in [-0.3, -0.25) is 9.78 Å². The molecule has 0 aliphatic carbocycles. The lowest BCUT2D eigenvalue weighted by Crippen LogP contribution is -2.55. The third-order valence-corrected chi connectivity index (χ3v) is 3.41. The molecule has 1 heterocycles. The first-order valence-electron chi connectivity index (χ1n) is 6.16. The monoisotopic (exact) mass is 289 g/mol. The molecule has 1 amide bonds. The number of nitrogens with zero attached hydrogens (tertiary/aromatic N) is 1. The molecule has 1 rings (SSSR count). The van der Waals surface area contributed by atoms with Crippen LogP contribution in [0.2, 0.25) is 0 Å². The minimum Gasteiger partial charge on any atom is -0.345 e. The fourth-order valence-electron chi connectivity index (χ4n) is 1.46. The SMILES string of the molecule is CC(C)C(C)(CN)NC(=O)c1ccc(C(F)(F)F)nc1. The number of pyridine rings is 1. The van der Waals surface area contributed by atoms with Crippen molar-refractivity contribution in [2.24, 2.45) is 11.7 Å². The molecule has 1 unspecified atom stereocenters. The van der Waals surface area contributed by atoms with Gasteiger partial charge in [-0.05, 0) is 25.0 Å². The first kappa shape index (κ1) is 16.4. The number of hydrogen-bond acceptors (Lipinski definition) is 3. The number of carbonyl (C=O) groups is 1. The summed E-state index contributed by atoms with van der Waals surface area (Å²) in [4.78, 5) is 15.3. The summed E-state index contributed by atoms with van der Waals surface area (Å²) in [6.07, 6.45) is -3.60. The van der Waals surface area contributed by atoms with Crippen molar-refractivity contribution in [3.05, 3.63) is 29.6 Å². The Bertz CT molecular complexity index is 471. The van der Waals surface area contributed by atoms with Crippen LogP contribution in [-0.4, -0.2) is 23.0 Å². The lowest BCUT2D eigenvalue weighted by molar-refractivity contribution is -0.141. The minimum absolute atomic E-state index is 0.0679. The Kier molecular flexibility index (Phi) is 4.75. The van der Waals surface area contributed by atoms with Crippen molar-refractivity contribution in [1.82, 2.24) is 10.3 Å². The average molecular weight is 289 g/mol. The maximum Gasteiger partial charge on any atom is 0.433 e. The van der Waals surface area contributed by atoms with Crippen LogP contribution in [0.4, 0.5) is 13.2 Å². The highest BCUT2D eigenvalue weighted by Crippen LogP contribution is 2.27. The zero-order valence-electron chi connectivity index (χ0n) is 11.6. The van der Waals surface area contributed by atoms with Gasteiger partial charge in [-0.15, -0.1) is 0 Å². The smallest absolute Gasteiger partial charge is 0.345 e. The molecule has 4 nitrogen and oxygen atoms in total. The Morgan fingerprint density at radius 3 is 2.35 bits per heavy atom. The molecule has 0 aliphatic rings. The molecule has 1 aromatic heterocycles. The van der Waals surface area contributed by atoms with Gasteiger partial charge in [0.05, 0.1) is 11.1 Å². The van der Waals surface area contributed by atoms with Gasteiger partial charge in [0, 0.05) is 12.7 Å². The molecule has 20 heavy (non-hydrogen) atoms. The standard InChI is InChI=1S/C13H18F3N3O/c1-8(2)12(3,7-17)19-11(20)9-4-5-10(18-6-9)13(14,15)16/h4-6,8H,7,17H2,1-3H3,(H,19,20). The number of alkyl halides is 3. The second-order valence-corrected chi connectivity index (χ2v) is 5.16. The van der Waals surface area contributed by atoms with Gasteiger partial charge >= 0.3 is 6.18 Å². The molecule has 0 aromatic carbocycles. The van der Waals surface area contributed by atoms with Crippen LogP contribution < -0.4 is 11.1 Å². The lowest BCUT2D eigenvalue weighted by Gasteiger charge is -2.33. The molecular formula is C13H18F3N3O. The van der Waals surface area contributed by atoms with E-state index < -0.39 is 23.3 Å². The van der Waals surface area contributed by atoms with E-state index in [0.29, 0.717) is 0 Å². The molecule has 0 fully saturated rings. The maximum atomic E-state index is 12.4. The van der Waals surface area contributed by atoms with E-state index in [1.165, 1.54) is 0 Å². The van der Waals surface area contributed by atoms with Gasteiger partial charge in [-0.25, -0.2) is 0 Å². The van der Waals surface area contributed by atoms with Gasteiger partial charge in [0.2, 0.25) is 0 Å². The fourth-order valence-corrected chi connectivity index (χ4v) is 1.46. The predicted octanol–water partition coefficient (Wildman–Crippen LogP) is 2.20. The van der Waals surface area contributed by atoms with Gasteiger partial charge in [0.1, 0.15) is 5.69 Å². The highest BCUT2D eigenvalue weighted by Gasteiger charge is 2.33. The van der Waals surface area contributed by atoms with E-state index in [1.807, 2.05) is 13.8 Å². The Hall–Kier alpha value is -1.63. The molecule has 0 saturated heterocycles. The zero-order valence-corrected chi connectivity index (χ0v) is 11.6. The van der Waals surface area contributed by atoms with E-state index in [2.05, 4.69) is 10.3 Å². The van der Waals surface area contributed by atoms with Crippen LogP contribution in [0.1, 0.15) is 36.8 Å². The first-order valence-corrected chi connectivity index (χ1v) is 6.16. The summed E-state index contributed by atoms with van der Waals surface area (Å²) in [5, 5.41) is 2.73. The molecule has 112 valence electrons. The fraction of sp³-hybridized carbons (Fsp3) is 0.538. The molecule has 0 saturated carbocycles. The number of carbonyl (C=O) groups excluding carboxylic acids is 1. The van der Waals surface area contributed by atoms with Crippen LogP contribution in [0.3, 0.4) is 0 Å². The molecule has 7 heteroatoms. The average Bonchev–Trinajstić information content (AvgIpc) is 2.37. The van der Waals surface area contributed by atoms with Crippen LogP contribution >= 0.6 is 0 Å². The summed E-state index contributed by atoms with van der Waals surface area (Å²) in [5.41, 5.74) is 4.05. The minimum atomic E-state index is -4.52. The van der Waals surface area contributed by atoms with Crippen LogP contribution in [0, 0.1) is 5.92 Å². The summed E-state index contributed by atoms with van der Waals surface area (Å²) in [5.74, 6) is -0.410. The lowest BCUT2D eigenvalue weighted by atomic mass is 9.88. The van der Waals surface area contributed by atoms with Crippen molar-refractivity contribution in [2.45, 2.75) is 32.5 Å². The summed E-state index contributed by atoms with van der Waals surface area (Å²) < 4.78 is 37.1. The summed E-state index contributed by atoms with van der Waals surface area (Å²) in [7, 11) is 0. The summed E-state index contributed by atoms with van der Waals surface area (Å²) in [6, 6.07) is 1.88. The molecule has 0 aliphatic heterocycles. The van der Waals surface area contributed by atoms with Crippen molar-refractivity contribution in [3.8, 4) is 0 Å². The molecule has 3 N–H and O–H groups in total. The van der Waals surface area contributed by atoms with Gasteiger partial charge < -0.3 is 11.1 Å². The maximum absolute atomic E-state index is 12.4. The second kappa shape index (κ2) is 5.78. The van der Waals surface area contributed by atoms with Crippen molar-refractivity contribution in [3.63, 3.8) is 0 Å². The number of halogens is 3. The van der Waals surface area contributed by atoms with Crippen LogP contribution in [0.5, 0.6) is 0 Å². The van der Waals surface area contributed by atoms with Crippen LogP contribution in [0.25, 0.3) is 0 Å². The second-order valence-electron chi connectivity index (χ2n) is 5.16. The van der Waals surface area contributed by atoms with Crippen molar-refractivity contribution in [1.29, 1.82) is 0 Å². The number of amides is 1. The number of nitrogens with one attached hydrogen (secondary N) is 1. The zero-order chi connectivity index (χ0) is 15.6.